The molecule has 2 fully saturated rings. The second kappa shape index (κ2) is 3.62. The van der Waals surface area contributed by atoms with Gasteiger partial charge in [0.05, 0.1) is 0 Å². The van der Waals surface area contributed by atoms with E-state index in [1.54, 1.807) is 0 Å². The number of likely N-dealkylation sites (tertiary alicyclic amines) is 1. The summed E-state index contributed by atoms with van der Waals surface area (Å²) in [6.07, 6.45) is 3.12. The maximum atomic E-state index is 12.0. The van der Waals surface area contributed by atoms with Crippen molar-refractivity contribution in [2.45, 2.75) is 51.2 Å². The molecule has 1 amide bonds. The van der Waals surface area contributed by atoms with E-state index in [1.165, 1.54) is 0 Å². The van der Waals surface area contributed by atoms with E-state index < -0.39 is 5.60 Å². The van der Waals surface area contributed by atoms with Crippen LogP contribution in [0.1, 0.15) is 40.0 Å². The summed E-state index contributed by atoms with van der Waals surface area (Å²) in [4.78, 5) is 14.0. The number of nitrogens with two attached hydrogens (primary N) is 1. The molecule has 2 N–H and O–H groups in total. The average Bonchev–Trinajstić information content (AvgIpc) is 2.76. The summed E-state index contributed by atoms with van der Waals surface area (Å²) >= 11 is 0. The lowest BCUT2D eigenvalue weighted by Crippen LogP contribution is -2.41. The van der Waals surface area contributed by atoms with E-state index in [0.717, 1.165) is 25.8 Å². The molecule has 1 aliphatic carbocycles. The molecule has 0 aromatic rings. The Balaban J connectivity index is 2.01. The van der Waals surface area contributed by atoms with Gasteiger partial charge in [-0.2, -0.15) is 0 Å². The SMILES string of the molecule is CC(C)(C)OC(=O)N1CC(CN)CC12CC2. The fourth-order valence-electron chi connectivity index (χ4n) is 2.53. The lowest BCUT2D eigenvalue weighted by atomic mass is 10.1. The Kier molecular flexibility index (Phi) is 2.65. The molecule has 92 valence electrons. The second-order valence-corrected chi connectivity index (χ2v) is 6.12. The van der Waals surface area contributed by atoms with Gasteiger partial charge in [-0.15, -0.1) is 0 Å². The second-order valence-electron chi connectivity index (χ2n) is 6.12. The van der Waals surface area contributed by atoms with Crippen LogP contribution in [0.5, 0.6) is 0 Å². The number of ether oxygens (including phenoxy) is 1. The molecule has 2 rings (SSSR count). The molecule has 0 bridgehead atoms. The minimum absolute atomic E-state index is 0.104. The van der Waals surface area contributed by atoms with E-state index in [9.17, 15) is 4.79 Å². The Morgan fingerprint density at radius 1 is 1.50 bits per heavy atom. The van der Waals surface area contributed by atoms with Crippen LogP contribution in [-0.4, -0.2) is 35.2 Å². The first-order valence-corrected chi connectivity index (χ1v) is 6.07. The average molecular weight is 226 g/mol. The molecular weight excluding hydrogens is 204 g/mol. The van der Waals surface area contributed by atoms with Gasteiger partial charge in [-0.3, -0.25) is 0 Å². The van der Waals surface area contributed by atoms with Gasteiger partial charge in [-0.1, -0.05) is 0 Å². The highest BCUT2D eigenvalue weighted by atomic mass is 16.6. The minimum atomic E-state index is -0.409. The molecule has 1 spiro atoms. The van der Waals surface area contributed by atoms with Crippen LogP contribution in [-0.2, 0) is 4.74 Å². The fraction of sp³-hybridized carbons (Fsp3) is 0.917. The molecule has 2 aliphatic rings. The number of carbonyl (C=O) groups excluding carboxylic acids is 1. The van der Waals surface area contributed by atoms with Gasteiger partial charge in [0.1, 0.15) is 5.60 Å². The van der Waals surface area contributed by atoms with Crippen molar-refractivity contribution >= 4 is 6.09 Å². The highest BCUT2D eigenvalue weighted by Gasteiger charge is 2.56. The van der Waals surface area contributed by atoms with Crippen molar-refractivity contribution < 1.29 is 9.53 Å². The molecule has 0 aromatic carbocycles. The van der Waals surface area contributed by atoms with E-state index in [4.69, 9.17) is 10.5 Å². The van der Waals surface area contributed by atoms with Gasteiger partial charge in [-0.05, 0) is 52.5 Å². The zero-order valence-electron chi connectivity index (χ0n) is 10.5. The third-order valence-corrected chi connectivity index (χ3v) is 3.46. The lowest BCUT2D eigenvalue weighted by Gasteiger charge is -2.28. The highest BCUT2D eigenvalue weighted by molar-refractivity contribution is 5.70. The number of rotatable bonds is 1. The Morgan fingerprint density at radius 2 is 2.12 bits per heavy atom. The first-order valence-electron chi connectivity index (χ1n) is 6.07. The zero-order chi connectivity index (χ0) is 12.0. The molecule has 0 aromatic heterocycles. The van der Waals surface area contributed by atoms with Crippen LogP contribution < -0.4 is 5.73 Å². The van der Waals surface area contributed by atoms with E-state index in [-0.39, 0.29) is 11.6 Å². The molecule has 1 atom stereocenters. The molecule has 4 heteroatoms. The Hall–Kier alpha value is -0.770. The third-order valence-electron chi connectivity index (χ3n) is 3.46. The molecule has 1 aliphatic heterocycles. The van der Waals surface area contributed by atoms with Crippen molar-refractivity contribution in [2.75, 3.05) is 13.1 Å². The molecule has 1 heterocycles. The minimum Gasteiger partial charge on any atom is -0.444 e. The Bertz CT molecular complexity index is 292. The van der Waals surface area contributed by atoms with Gasteiger partial charge in [-0.25, -0.2) is 4.79 Å². The molecule has 1 unspecified atom stereocenters. The number of amides is 1. The Labute approximate surface area is 97.1 Å². The quantitative estimate of drug-likeness (QED) is 0.741. The third kappa shape index (κ3) is 2.17. The van der Waals surface area contributed by atoms with Crippen LogP contribution in [0.2, 0.25) is 0 Å². The van der Waals surface area contributed by atoms with Gasteiger partial charge in [0, 0.05) is 12.1 Å². The normalized spacial score (nSPS) is 27.2. The zero-order valence-corrected chi connectivity index (χ0v) is 10.5. The van der Waals surface area contributed by atoms with E-state index >= 15 is 0 Å². The first kappa shape index (κ1) is 11.7. The van der Waals surface area contributed by atoms with Crippen LogP contribution in [0.3, 0.4) is 0 Å². The van der Waals surface area contributed by atoms with Gasteiger partial charge >= 0.3 is 6.09 Å². The molecule has 4 nitrogen and oxygen atoms in total. The number of nitrogens with zero attached hydrogens (tertiary/aromatic N) is 1. The lowest BCUT2D eigenvalue weighted by molar-refractivity contribution is 0.0200. The smallest absolute Gasteiger partial charge is 0.410 e. The largest absolute Gasteiger partial charge is 0.444 e. The van der Waals surface area contributed by atoms with Gasteiger partial charge in [0.15, 0.2) is 0 Å². The summed E-state index contributed by atoms with van der Waals surface area (Å²) < 4.78 is 5.44. The van der Waals surface area contributed by atoms with E-state index in [1.807, 2.05) is 25.7 Å². The van der Waals surface area contributed by atoms with Gasteiger partial charge in [0.25, 0.3) is 0 Å². The van der Waals surface area contributed by atoms with Crippen molar-refractivity contribution in [3.8, 4) is 0 Å². The topological polar surface area (TPSA) is 55.6 Å². The van der Waals surface area contributed by atoms with Crippen molar-refractivity contribution in [3.05, 3.63) is 0 Å². The van der Waals surface area contributed by atoms with Crippen LogP contribution >= 0.6 is 0 Å². The van der Waals surface area contributed by atoms with Crippen LogP contribution in [0.15, 0.2) is 0 Å². The van der Waals surface area contributed by atoms with Crippen molar-refractivity contribution in [1.29, 1.82) is 0 Å². The molecule has 16 heavy (non-hydrogen) atoms. The van der Waals surface area contributed by atoms with E-state index in [2.05, 4.69) is 0 Å². The Morgan fingerprint density at radius 3 is 2.56 bits per heavy atom. The standard InChI is InChI=1S/C12H22N2O2/c1-11(2,3)16-10(15)14-8-9(7-13)6-12(14)4-5-12/h9H,4-8,13H2,1-3H3. The summed E-state index contributed by atoms with van der Waals surface area (Å²) in [5.74, 6) is 0.454. The van der Waals surface area contributed by atoms with Crippen LogP contribution in [0.25, 0.3) is 0 Å². The van der Waals surface area contributed by atoms with Crippen LogP contribution in [0.4, 0.5) is 4.79 Å². The summed E-state index contributed by atoms with van der Waals surface area (Å²) in [5, 5.41) is 0. The van der Waals surface area contributed by atoms with Gasteiger partial charge in [0.2, 0.25) is 0 Å². The van der Waals surface area contributed by atoms with Crippen molar-refractivity contribution in [1.82, 2.24) is 4.90 Å². The van der Waals surface area contributed by atoms with Crippen LogP contribution in [0, 0.1) is 5.92 Å². The van der Waals surface area contributed by atoms with Crippen molar-refractivity contribution in [3.63, 3.8) is 0 Å². The maximum Gasteiger partial charge on any atom is 0.410 e. The highest BCUT2D eigenvalue weighted by Crippen LogP contribution is 2.51. The summed E-state index contributed by atoms with van der Waals surface area (Å²) in [6, 6.07) is 0. The monoisotopic (exact) mass is 226 g/mol. The molecule has 0 radical (unpaired) electrons. The first-order chi connectivity index (χ1) is 7.36. The summed E-state index contributed by atoms with van der Waals surface area (Å²) in [5.41, 5.74) is 5.39. The predicted molar refractivity (Wildman–Crippen MR) is 62.1 cm³/mol. The predicted octanol–water partition coefficient (Wildman–Crippen LogP) is 1.73. The molecular formula is C12H22N2O2. The molecule has 1 saturated heterocycles. The van der Waals surface area contributed by atoms with E-state index in [0.29, 0.717) is 12.5 Å². The number of hydrogen-bond acceptors (Lipinski definition) is 3. The maximum absolute atomic E-state index is 12.0. The van der Waals surface area contributed by atoms with Crippen molar-refractivity contribution in [2.24, 2.45) is 11.7 Å². The number of carbonyl (C=O) groups is 1. The molecule has 1 saturated carbocycles. The number of hydrogen-bond donors (Lipinski definition) is 1. The fourth-order valence-corrected chi connectivity index (χ4v) is 2.53. The summed E-state index contributed by atoms with van der Waals surface area (Å²) in [6.45, 7) is 7.15. The summed E-state index contributed by atoms with van der Waals surface area (Å²) in [7, 11) is 0. The van der Waals surface area contributed by atoms with Gasteiger partial charge < -0.3 is 15.4 Å².